The van der Waals surface area contributed by atoms with Crippen LogP contribution < -0.4 is 10.3 Å². The van der Waals surface area contributed by atoms with Crippen LogP contribution in [0.5, 0.6) is 17.2 Å². The Morgan fingerprint density at radius 2 is 1.88 bits per heavy atom. The van der Waals surface area contributed by atoms with Gasteiger partial charge in [0.05, 0.1) is 22.5 Å². The number of benzene rings is 1. The number of aryl methyl sites for hydroxylation is 2. The zero-order valence-corrected chi connectivity index (χ0v) is 18.5. The molecule has 10 heteroatoms. The van der Waals surface area contributed by atoms with Gasteiger partial charge < -0.3 is 14.9 Å². The van der Waals surface area contributed by atoms with Crippen LogP contribution in [0.3, 0.4) is 0 Å². The third-order valence-electron chi connectivity index (χ3n) is 6.30. The molecule has 1 aliphatic heterocycles. The highest BCUT2D eigenvalue weighted by molar-refractivity contribution is 6.14. The average Bonchev–Trinajstić information content (AvgIpc) is 3.21. The molecule has 0 radical (unpaired) electrons. The molecule has 0 saturated heterocycles. The number of phenolic OH excluding ortho intramolecular Hbond substituents is 2. The van der Waals surface area contributed by atoms with Crippen LogP contribution in [0.25, 0.3) is 12.0 Å². The van der Waals surface area contributed by atoms with E-state index in [1.165, 1.54) is 24.6 Å². The van der Waals surface area contributed by atoms with Gasteiger partial charge in [-0.25, -0.2) is 4.98 Å². The summed E-state index contributed by atoms with van der Waals surface area (Å²) in [5.74, 6) is -1.33. The first-order valence-electron chi connectivity index (χ1n) is 10.2. The summed E-state index contributed by atoms with van der Waals surface area (Å²) in [4.78, 5) is 45.1. The quantitative estimate of drug-likeness (QED) is 0.506. The number of H-pyrrole nitrogens is 1. The van der Waals surface area contributed by atoms with E-state index in [2.05, 4.69) is 15.1 Å². The van der Waals surface area contributed by atoms with E-state index < -0.39 is 22.7 Å². The number of carbonyl (C=O) groups excluding carboxylic acids is 2. The molecule has 3 heterocycles. The van der Waals surface area contributed by atoms with Crippen molar-refractivity contribution in [2.24, 2.45) is 0 Å². The number of ketones is 2. The number of nitrogens with one attached hydrogen (secondary N) is 1. The molecule has 2 aromatic heterocycles. The lowest BCUT2D eigenvalue weighted by molar-refractivity contribution is 0.0905. The van der Waals surface area contributed by atoms with E-state index in [0.29, 0.717) is 17.1 Å². The number of aromatic amines is 1. The molecule has 1 atom stereocenters. The number of phenols is 2. The normalized spacial score (nSPS) is 18.3. The Bertz CT molecular complexity index is 1530. The van der Waals surface area contributed by atoms with Gasteiger partial charge in [0.15, 0.2) is 11.6 Å². The summed E-state index contributed by atoms with van der Waals surface area (Å²) in [6.07, 6.45) is 1.58. The van der Waals surface area contributed by atoms with E-state index in [9.17, 15) is 24.6 Å². The predicted molar refractivity (Wildman–Crippen MR) is 116 cm³/mol. The van der Waals surface area contributed by atoms with Gasteiger partial charge in [-0.2, -0.15) is 9.78 Å². The molecule has 3 N–H and O–H groups in total. The number of carbonyl (C=O) groups is 2. The smallest absolute Gasteiger partial charge is 0.252 e. The molecule has 0 saturated carbocycles. The van der Waals surface area contributed by atoms with Gasteiger partial charge in [-0.05, 0) is 34.6 Å². The Morgan fingerprint density at radius 3 is 2.52 bits per heavy atom. The van der Waals surface area contributed by atoms with Crippen molar-refractivity contribution in [1.29, 1.82) is 0 Å². The summed E-state index contributed by atoms with van der Waals surface area (Å²) in [5, 5.41) is 25.8. The van der Waals surface area contributed by atoms with Crippen LogP contribution in [0.2, 0.25) is 0 Å². The van der Waals surface area contributed by atoms with Crippen LogP contribution in [0.15, 0.2) is 16.6 Å². The van der Waals surface area contributed by atoms with E-state index in [-0.39, 0.29) is 51.0 Å². The number of rotatable bonds is 2. The van der Waals surface area contributed by atoms with Crippen molar-refractivity contribution in [3.05, 3.63) is 61.5 Å². The van der Waals surface area contributed by atoms with Crippen molar-refractivity contribution in [2.75, 3.05) is 0 Å². The first kappa shape index (κ1) is 20.7. The maximum atomic E-state index is 13.9. The SMILES string of the molecule is CC(=O)c1c(O)c(C)c(O)c2c1OC1=Cc3c(c(C)nn3-c3nc(C)cc(=O)[nH]3)C(=O)[C@@]12C. The minimum atomic E-state index is -1.44. The van der Waals surface area contributed by atoms with E-state index in [1.54, 1.807) is 26.8 Å². The number of hydrogen-bond donors (Lipinski definition) is 3. The first-order valence-corrected chi connectivity index (χ1v) is 10.2. The molecule has 1 aromatic carbocycles. The highest BCUT2D eigenvalue weighted by atomic mass is 16.5. The second-order valence-corrected chi connectivity index (χ2v) is 8.49. The predicted octanol–water partition coefficient (Wildman–Crippen LogP) is 2.38. The Balaban J connectivity index is 1.82. The molecular formula is C23H20N4O6. The molecule has 0 unspecified atom stereocenters. The Labute approximate surface area is 187 Å². The zero-order chi connectivity index (χ0) is 24.0. The van der Waals surface area contributed by atoms with Crippen LogP contribution in [0.4, 0.5) is 0 Å². The monoisotopic (exact) mass is 448 g/mol. The van der Waals surface area contributed by atoms with Crippen LogP contribution in [0, 0.1) is 20.8 Å². The average molecular weight is 448 g/mol. The maximum Gasteiger partial charge on any atom is 0.252 e. The number of aromatic nitrogens is 4. The molecule has 10 nitrogen and oxygen atoms in total. The summed E-state index contributed by atoms with van der Waals surface area (Å²) in [6.45, 7) is 7.65. The number of hydrogen-bond acceptors (Lipinski definition) is 8. The molecule has 1 aliphatic carbocycles. The number of aromatic hydroxyl groups is 2. The van der Waals surface area contributed by atoms with Crippen LogP contribution in [0.1, 0.15) is 62.8 Å². The van der Waals surface area contributed by atoms with Gasteiger partial charge in [-0.1, -0.05) is 0 Å². The molecule has 0 bridgehead atoms. The van der Waals surface area contributed by atoms with Crippen molar-refractivity contribution >= 4 is 17.6 Å². The largest absolute Gasteiger partial charge is 0.507 e. The maximum absolute atomic E-state index is 13.9. The summed E-state index contributed by atoms with van der Waals surface area (Å²) in [7, 11) is 0. The molecule has 33 heavy (non-hydrogen) atoms. The van der Waals surface area contributed by atoms with Crippen molar-refractivity contribution < 1.29 is 24.5 Å². The van der Waals surface area contributed by atoms with Crippen LogP contribution >= 0.6 is 0 Å². The van der Waals surface area contributed by atoms with Gasteiger partial charge >= 0.3 is 0 Å². The number of nitrogens with zero attached hydrogens (tertiary/aromatic N) is 3. The van der Waals surface area contributed by atoms with Crippen LogP contribution in [-0.4, -0.2) is 41.5 Å². The first-order chi connectivity index (χ1) is 15.5. The van der Waals surface area contributed by atoms with Crippen molar-refractivity contribution in [3.63, 3.8) is 0 Å². The minimum Gasteiger partial charge on any atom is -0.507 e. The summed E-state index contributed by atoms with van der Waals surface area (Å²) in [5.41, 5.74) is -0.222. The van der Waals surface area contributed by atoms with Gasteiger partial charge in [0.1, 0.15) is 34.0 Å². The van der Waals surface area contributed by atoms with E-state index in [4.69, 9.17) is 4.74 Å². The fourth-order valence-corrected chi connectivity index (χ4v) is 4.61. The molecule has 0 spiro atoms. The third-order valence-corrected chi connectivity index (χ3v) is 6.30. The van der Waals surface area contributed by atoms with Crippen LogP contribution in [-0.2, 0) is 5.41 Å². The Hall–Kier alpha value is -4.21. The van der Waals surface area contributed by atoms with E-state index >= 15 is 0 Å². The fourth-order valence-electron chi connectivity index (χ4n) is 4.61. The molecular weight excluding hydrogens is 428 g/mol. The molecule has 2 aliphatic rings. The van der Waals surface area contributed by atoms with Gasteiger partial charge in [-0.3, -0.25) is 19.4 Å². The number of ether oxygens (including phenoxy) is 1. The van der Waals surface area contributed by atoms with E-state index in [0.717, 1.165) is 0 Å². The van der Waals surface area contributed by atoms with Crippen molar-refractivity contribution in [2.45, 2.75) is 40.0 Å². The summed E-state index contributed by atoms with van der Waals surface area (Å²) < 4.78 is 7.32. The molecule has 0 amide bonds. The van der Waals surface area contributed by atoms with Crippen molar-refractivity contribution in [1.82, 2.24) is 19.7 Å². The van der Waals surface area contributed by atoms with Gasteiger partial charge in [0.25, 0.3) is 5.56 Å². The topological polar surface area (TPSA) is 147 Å². The zero-order valence-electron chi connectivity index (χ0n) is 18.5. The molecule has 5 rings (SSSR count). The van der Waals surface area contributed by atoms with Crippen molar-refractivity contribution in [3.8, 4) is 23.2 Å². The number of allylic oxidation sites excluding steroid dienone is 1. The summed E-state index contributed by atoms with van der Waals surface area (Å²) in [6, 6.07) is 1.34. The lowest BCUT2D eigenvalue weighted by atomic mass is 9.71. The second kappa shape index (κ2) is 6.41. The molecule has 168 valence electrons. The fraction of sp³-hybridized carbons (Fsp3) is 0.261. The number of Topliss-reactive ketones (excluding diaryl/α,β-unsaturated/α-hetero) is 2. The van der Waals surface area contributed by atoms with E-state index in [1.807, 2.05) is 0 Å². The Kier molecular flexibility index (Phi) is 4.02. The van der Waals surface area contributed by atoms with Gasteiger partial charge in [-0.15, -0.1) is 0 Å². The Morgan fingerprint density at radius 1 is 1.18 bits per heavy atom. The highest BCUT2D eigenvalue weighted by Crippen LogP contribution is 2.58. The van der Waals surface area contributed by atoms with Gasteiger partial charge in [0.2, 0.25) is 5.95 Å². The third kappa shape index (κ3) is 2.51. The van der Waals surface area contributed by atoms with Gasteiger partial charge in [0, 0.05) is 23.4 Å². The summed E-state index contributed by atoms with van der Waals surface area (Å²) >= 11 is 0. The second-order valence-electron chi connectivity index (χ2n) is 8.49. The highest BCUT2D eigenvalue weighted by Gasteiger charge is 2.55. The molecule has 3 aromatic rings. The lowest BCUT2D eigenvalue weighted by Gasteiger charge is -2.27. The minimum absolute atomic E-state index is 0.0467. The standard InChI is InChI=1S/C23H20N4O6/c1-8-6-14(29)25-22(24-8)27-12-7-13-23(5,21(32)15(12)10(3)26-27)17-19(31)9(2)18(30)16(11(4)28)20(17)33-13/h6-7,30-31H,1-5H3,(H,24,25,29)/t23-/m0/s1. The number of fused-ring (bicyclic) bond motifs is 4. The molecule has 0 fully saturated rings. The lowest BCUT2D eigenvalue weighted by Crippen LogP contribution is -2.36.